The topological polar surface area (TPSA) is 139 Å². The van der Waals surface area contributed by atoms with E-state index in [-0.39, 0.29) is 23.3 Å². The number of aromatic nitrogens is 2. The van der Waals surface area contributed by atoms with Crippen LogP contribution in [0.1, 0.15) is 39.9 Å². The highest BCUT2D eigenvalue weighted by Crippen LogP contribution is 2.41. The molecule has 0 aliphatic carbocycles. The van der Waals surface area contributed by atoms with E-state index in [1.165, 1.54) is 6.20 Å². The van der Waals surface area contributed by atoms with Gasteiger partial charge in [-0.05, 0) is 56.5 Å². The predicted octanol–water partition coefficient (Wildman–Crippen LogP) is 5.80. The van der Waals surface area contributed by atoms with Crippen LogP contribution in [0.4, 0.5) is 23.0 Å². The number of nitrogens with one attached hydrogen (secondary N) is 3. The fourth-order valence-corrected chi connectivity index (χ4v) is 6.16. The van der Waals surface area contributed by atoms with Crippen LogP contribution in [0.5, 0.6) is 28.9 Å². The number of amides is 2. The molecule has 6 rings (SSSR count). The number of para-hydroxylation sites is 1. The van der Waals surface area contributed by atoms with Crippen LogP contribution in [0.2, 0.25) is 0 Å². The fourth-order valence-electron chi connectivity index (χ4n) is 6.16. The number of benzene rings is 3. The molecule has 0 unspecified atom stereocenters. The molecule has 1 saturated heterocycles. The van der Waals surface area contributed by atoms with Crippen molar-refractivity contribution in [3.63, 3.8) is 0 Å². The summed E-state index contributed by atoms with van der Waals surface area (Å²) in [6, 6.07) is 14.8. The number of methoxy groups -OCH3 is 2. The van der Waals surface area contributed by atoms with E-state index in [2.05, 4.69) is 42.8 Å². The molecule has 0 radical (unpaired) electrons. The maximum atomic E-state index is 13.7. The van der Waals surface area contributed by atoms with Crippen molar-refractivity contribution < 1.29 is 28.5 Å². The number of nitrogens with zero attached hydrogens (tertiary/aromatic N) is 4. The summed E-state index contributed by atoms with van der Waals surface area (Å²) in [7, 11) is 5.28. The van der Waals surface area contributed by atoms with Gasteiger partial charge in [0.15, 0.2) is 11.5 Å². The van der Waals surface area contributed by atoms with Gasteiger partial charge in [0, 0.05) is 80.6 Å². The Morgan fingerprint density at radius 3 is 2.47 bits per heavy atom. The number of piperazine rings is 1. The van der Waals surface area contributed by atoms with E-state index in [4.69, 9.17) is 18.9 Å². The van der Waals surface area contributed by atoms with Crippen LogP contribution in [0, 0.1) is 13.8 Å². The summed E-state index contributed by atoms with van der Waals surface area (Å²) in [5, 5.41) is 9.11. The molecule has 13 nitrogen and oxygen atoms in total. The number of likely N-dealkylation sites (N-methyl/N-ethyl adjacent to an activating group) is 1. The molecule has 3 heterocycles. The van der Waals surface area contributed by atoms with Gasteiger partial charge in [-0.3, -0.25) is 9.59 Å². The van der Waals surface area contributed by atoms with Gasteiger partial charge in [-0.25, -0.2) is 4.98 Å². The van der Waals surface area contributed by atoms with Gasteiger partial charge in [0.05, 0.1) is 20.8 Å². The van der Waals surface area contributed by atoms with Crippen molar-refractivity contribution in [2.24, 2.45) is 0 Å². The molecule has 0 bridgehead atoms. The molecule has 51 heavy (non-hydrogen) atoms. The number of rotatable bonds is 13. The highest BCUT2D eigenvalue weighted by atomic mass is 16.5. The standard InChI is InChI=1S/C38H45N7O6/c1-24-8-6-9-25(2)34(24)42-36(47)29-23-39-38(43-37(29)51-28-12-10-26-11-13-33(46)41-30(26)22-28)40-27-20-31(48-4)35(49-5)32(21-27)50-19-7-14-45-17-15-44(3)16-18-45/h6,8-10,12,20-23H,7,11,13-19H2,1-5H3,(H,41,46)(H,42,47)(H,39,40,43). The number of hydrogen-bond donors (Lipinski definition) is 3. The largest absolute Gasteiger partial charge is 0.493 e. The first-order chi connectivity index (χ1) is 24.7. The van der Waals surface area contributed by atoms with Crippen molar-refractivity contribution in [2.75, 3.05) is 76.5 Å². The Balaban J connectivity index is 1.25. The molecule has 0 saturated carbocycles. The molecule has 1 fully saturated rings. The molecule has 3 aromatic carbocycles. The smallest absolute Gasteiger partial charge is 0.262 e. The molecular formula is C38H45N7O6. The van der Waals surface area contributed by atoms with Gasteiger partial charge in [-0.15, -0.1) is 0 Å². The Morgan fingerprint density at radius 2 is 1.73 bits per heavy atom. The molecule has 0 atom stereocenters. The van der Waals surface area contributed by atoms with Gasteiger partial charge < -0.3 is 44.7 Å². The summed E-state index contributed by atoms with van der Waals surface area (Å²) < 4.78 is 23.8. The first-order valence-electron chi connectivity index (χ1n) is 17.1. The second kappa shape index (κ2) is 16.1. The van der Waals surface area contributed by atoms with E-state index in [1.54, 1.807) is 38.5 Å². The van der Waals surface area contributed by atoms with Crippen LogP contribution in [0.15, 0.2) is 54.7 Å². The monoisotopic (exact) mass is 695 g/mol. The van der Waals surface area contributed by atoms with Gasteiger partial charge in [-0.2, -0.15) is 4.98 Å². The Hall–Kier alpha value is -5.40. The molecule has 2 amide bonds. The molecule has 2 aliphatic heterocycles. The minimum Gasteiger partial charge on any atom is -0.493 e. The van der Waals surface area contributed by atoms with Crippen molar-refractivity contribution in [1.29, 1.82) is 0 Å². The zero-order valence-electron chi connectivity index (χ0n) is 29.8. The molecule has 13 heteroatoms. The normalized spacial score (nSPS) is 14.6. The Morgan fingerprint density at radius 1 is 0.961 bits per heavy atom. The lowest BCUT2D eigenvalue weighted by Gasteiger charge is -2.32. The number of aryl methyl sites for hydroxylation is 3. The second-order valence-electron chi connectivity index (χ2n) is 12.8. The van der Waals surface area contributed by atoms with Crippen LogP contribution < -0.4 is 34.9 Å². The van der Waals surface area contributed by atoms with E-state index < -0.39 is 5.91 Å². The van der Waals surface area contributed by atoms with E-state index in [0.29, 0.717) is 59.5 Å². The fraction of sp³-hybridized carbons (Fsp3) is 0.368. The summed E-state index contributed by atoms with van der Waals surface area (Å²) in [6.45, 7) is 9.54. The third-order valence-electron chi connectivity index (χ3n) is 9.08. The van der Waals surface area contributed by atoms with Crippen molar-refractivity contribution >= 4 is 34.8 Å². The number of carbonyl (C=O) groups is 2. The minimum absolute atomic E-state index is 0.0270. The number of fused-ring (bicyclic) bond motifs is 1. The maximum absolute atomic E-state index is 13.7. The van der Waals surface area contributed by atoms with Gasteiger partial charge in [0.2, 0.25) is 23.5 Å². The van der Waals surface area contributed by atoms with Gasteiger partial charge in [-0.1, -0.05) is 24.3 Å². The molecule has 0 spiro atoms. The highest BCUT2D eigenvalue weighted by molar-refractivity contribution is 6.06. The summed E-state index contributed by atoms with van der Waals surface area (Å²) in [5.41, 5.74) is 4.92. The van der Waals surface area contributed by atoms with Crippen molar-refractivity contribution in [3.8, 4) is 28.9 Å². The van der Waals surface area contributed by atoms with Crippen LogP contribution in [-0.4, -0.2) is 92.2 Å². The highest BCUT2D eigenvalue weighted by Gasteiger charge is 2.22. The lowest BCUT2D eigenvalue weighted by Crippen LogP contribution is -2.44. The van der Waals surface area contributed by atoms with Crippen molar-refractivity contribution in [1.82, 2.24) is 19.8 Å². The van der Waals surface area contributed by atoms with Crippen molar-refractivity contribution in [2.45, 2.75) is 33.1 Å². The van der Waals surface area contributed by atoms with E-state index >= 15 is 0 Å². The number of hydrogen-bond acceptors (Lipinski definition) is 11. The van der Waals surface area contributed by atoms with Gasteiger partial charge in [0.25, 0.3) is 5.91 Å². The lowest BCUT2D eigenvalue weighted by atomic mass is 10.0. The average Bonchev–Trinajstić information content (AvgIpc) is 3.12. The third-order valence-corrected chi connectivity index (χ3v) is 9.08. The van der Waals surface area contributed by atoms with Crippen LogP contribution in [0.3, 0.4) is 0 Å². The lowest BCUT2D eigenvalue weighted by molar-refractivity contribution is -0.116. The number of anilines is 4. The summed E-state index contributed by atoms with van der Waals surface area (Å²) in [4.78, 5) is 39.7. The van der Waals surface area contributed by atoms with E-state index in [1.807, 2.05) is 38.1 Å². The van der Waals surface area contributed by atoms with Crippen molar-refractivity contribution in [3.05, 3.63) is 77.0 Å². The molecule has 1 aromatic heterocycles. The van der Waals surface area contributed by atoms with E-state index in [9.17, 15) is 9.59 Å². The molecular weight excluding hydrogens is 650 g/mol. The zero-order valence-corrected chi connectivity index (χ0v) is 29.8. The number of carbonyl (C=O) groups excluding carboxylic acids is 2. The molecule has 4 aromatic rings. The van der Waals surface area contributed by atoms with E-state index in [0.717, 1.165) is 55.8 Å². The number of ether oxygens (including phenoxy) is 4. The predicted molar refractivity (Wildman–Crippen MR) is 196 cm³/mol. The second-order valence-corrected chi connectivity index (χ2v) is 12.8. The Kier molecular flexibility index (Phi) is 11.2. The van der Waals surface area contributed by atoms with Gasteiger partial charge in [0.1, 0.15) is 11.3 Å². The van der Waals surface area contributed by atoms with Crippen LogP contribution in [-0.2, 0) is 11.2 Å². The van der Waals surface area contributed by atoms with Gasteiger partial charge >= 0.3 is 0 Å². The summed E-state index contributed by atoms with van der Waals surface area (Å²) >= 11 is 0. The average molecular weight is 696 g/mol. The van der Waals surface area contributed by atoms with Crippen LogP contribution >= 0.6 is 0 Å². The summed E-state index contributed by atoms with van der Waals surface area (Å²) in [5.74, 6) is 1.57. The Bertz CT molecular complexity index is 1870. The maximum Gasteiger partial charge on any atom is 0.262 e. The minimum atomic E-state index is -0.432. The molecule has 3 N–H and O–H groups in total. The zero-order chi connectivity index (χ0) is 35.9. The first-order valence-corrected chi connectivity index (χ1v) is 17.1. The molecule has 2 aliphatic rings. The summed E-state index contributed by atoms with van der Waals surface area (Å²) in [6.07, 6.45) is 3.34. The molecule has 268 valence electrons. The SMILES string of the molecule is COc1cc(Nc2ncc(C(=O)Nc3c(C)cccc3C)c(Oc3ccc4c(c3)NC(=O)CC4)n2)cc(OCCCN2CCN(C)CC2)c1OC. The Labute approximate surface area is 298 Å². The van der Waals surface area contributed by atoms with Crippen LogP contribution in [0.25, 0.3) is 0 Å². The third kappa shape index (κ3) is 8.67. The first kappa shape index (κ1) is 35.4. The quantitative estimate of drug-likeness (QED) is 0.146.